The first-order valence-electron chi connectivity index (χ1n) is 5.60. The molecule has 0 aliphatic heterocycles. The minimum absolute atomic E-state index is 1.10. The van der Waals surface area contributed by atoms with Gasteiger partial charge in [-0.1, -0.05) is 0 Å². The van der Waals surface area contributed by atoms with Crippen LogP contribution in [0.2, 0.25) is 14.8 Å². The van der Waals surface area contributed by atoms with E-state index in [-0.39, 0.29) is 0 Å². The van der Waals surface area contributed by atoms with E-state index in [1.54, 1.807) is 0 Å². The third kappa shape index (κ3) is 2.64. The van der Waals surface area contributed by atoms with Crippen LogP contribution in [0.25, 0.3) is 11.3 Å². The number of aromatic nitrogens is 1. The number of nitrogens with zero attached hydrogens (tertiary/aromatic N) is 1. The molecule has 16 heavy (non-hydrogen) atoms. The molecule has 1 aromatic heterocycles. The molecule has 0 saturated heterocycles. The van der Waals surface area contributed by atoms with Gasteiger partial charge in [0.2, 0.25) is 0 Å². The standard InChI is InChI=1S/C11H8N.3CH3.Sn/c1-2-6-10(7-3-1)11-8-4-5-9-12-11;;;;/h1-8H;3*1H3;. The molecule has 0 unspecified atom stereocenters. The number of rotatable bonds is 2. The summed E-state index contributed by atoms with van der Waals surface area (Å²) in [6, 6.07) is 16.8. The van der Waals surface area contributed by atoms with Crippen LogP contribution in [0.15, 0.2) is 48.5 Å². The maximum absolute atomic E-state index is 4.81. The number of hydrogen-bond donors (Lipinski definition) is 0. The van der Waals surface area contributed by atoms with E-state index in [1.165, 1.54) is 9.27 Å². The Morgan fingerprint density at radius 3 is 2.12 bits per heavy atom. The molecule has 2 rings (SSSR count). The summed E-state index contributed by atoms with van der Waals surface area (Å²) in [5.74, 6) is 0. The Morgan fingerprint density at radius 2 is 1.50 bits per heavy atom. The van der Waals surface area contributed by atoms with Gasteiger partial charge in [-0.15, -0.1) is 0 Å². The zero-order chi connectivity index (χ0) is 11.6. The van der Waals surface area contributed by atoms with E-state index in [0.29, 0.717) is 0 Å². The zero-order valence-electron chi connectivity index (χ0n) is 10.1. The molecule has 0 saturated carbocycles. The molecule has 1 nitrogen and oxygen atoms in total. The summed E-state index contributed by atoms with van der Waals surface area (Å²) in [4.78, 5) is 12.0. The molecule has 82 valence electrons. The first-order valence-corrected chi connectivity index (χ1v) is 15.6. The van der Waals surface area contributed by atoms with Gasteiger partial charge in [0.1, 0.15) is 0 Å². The van der Waals surface area contributed by atoms with Gasteiger partial charge in [-0.2, -0.15) is 0 Å². The first kappa shape index (κ1) is 11.6. The van der Waals surface area contributed by atoms with Crippen LogP contribution in [0.3, 0.4) is 0 Å². The molecule has 0 radical (unpaired) electrons. The Kier molecular flexibility index (Phi) is 3.33. The molecule has 0 aliphatic rings. The average molecular weight is 318 g/mol. The third-order valence-corrected chi connectivity index (χ3v) is 7.77. The molecule has 0 atom stereocenters. The van der Waals surface area contributed by atoms with Gasteiger partial charge in [0.05, 0.1) is 0 Å². The fourth-order valence-corrected chi connectivity index (χ4v) is 4.62. The van der Waals surface area contributed by atoms with E-state index in [0.717, 1.165) is 5.69 Å². The monoisotopic (exact) mass is 319 g/mol. The van der Waals surface area contributed by atoms with Gasteiger partial charge >= 0.3 is 102 Å². The van der Waals surface area contributed by atoms with Crippen molar-refractivity contribution in [2.24, 2.45) is 0 Å². The van der Waals surface area contributed by atoms with Crippen molar-refractivity contribution < 1.29 is 0 Å². The van der Waals surface area contributed by atoms with Crippen molar-refractivity contribution in [3.8, 4) is 11.3 Å². The molecular formula is C14H17NSn. The van der Waals surface area contributed by atoms with Gasteiger partial charge in [-0.25, -0.2) is 0 Å². The van der Waals surface area contributed by atoms with Gasteiger partial charge in [0.25, 0.3) is 0 Å². The van der Waals surface area contributed by atoms with Crippen molar-refractivity contribution in [2.75, 3.05) is 0 Å². The average Bonchev–Trinajstić information content (AvgIpc) is 2.29. The first-order chi connectivity index (χ1) is 7.57. The molecule has 0 spiro atoms. The Hall–Kier alpha value is -0.831. The summed E-state index contributed by atoms with van der Waals surface area (Å²) in [7, 11) is 0. The van der Waals surface area contributed by atoms with Crippen LogP contribution in [-0.4, -0.2) is 23.4 Å². The fourth-order valence-electron chi connectivity index (χ4n) is 1.62. The number of benzene rings is 1. The Morgan fingerprint density at radius 1 is 0.812 bits per heavy atom. The quantitative estimate of drug-likeness (QED) is 0.775. The molecule has 0 N–H and O–H groups in total. The molecule has 0 aliphatic carbocycles. The summed E-state index contributed by atoms with van der Waals surface area (Å²) >= 11 is -2.03. The Labute approximate surface area is 101 Å². The summed E-state index contributed by atoms with van der Waals surface area (Å²) in [6.07, 6.45) is 0. The van der Waals surface area contributed by atoms with E-state index < -0.39 is 18.4 Å². The van der Waals surface area contributed by atoms with Crippen molar-refractivity contribution in [3.63, 3.8) is 0 Å². The van der Waals surface area contributed by atoms with Crippen LogP contribution >= 0.6 is 0 Å². The third-order valence-electron chi connectivity index (χ3n) is 2.59. The van der Waals surface area contributed by atoms with Crippen LogP contribution in [0.5, 0.6) is 0 Å². The SMILES string of the molecule is [CH3][Sn]([CH3])([CH3])[c]1cccc(-c2ccccc2)n1. The topological polar surface area (TPSA) is 12.9 Å². The van der Waals surface area contributed by atoms with Crippen molar-refractivity contribution in [1.82, 2.24) is 4.98 Å². The second-order valence-electron chi connectivity index (χ2n) is 5.02. The van der Waals surface area contributed by atoms with Gasteiger partial charge < -0.3 is 0 Å². The van der Waals surface area contributed by atoms with Crippen LogP contribution < -0.4 is 3.71 Å². The maximum atomic E-state index is 4.81. The summed E-state index contributed by atoms with van der Waals surface area (Å²) in [5, 5.41) is 0. The Balaban J connectivity index is 2.45. The van der Waals surface area contributed by atoms with E-state index in [9.17, 15) is 0 Å². The molecule has 2 aromatic rings. The molecular weight excluding hydrogens is 301 g/mol. The van der Waals surface area contributed by atoms with Crippen LogP contribution in [0.4, 0.5) is 0 Å². The zero-order valence-corrected chi connectivity index (χ0v) is 12.9. The normalized spacial score (nSPS) is 11.4. The minimum atomic E-state index is -2.03. The second-order valence-corrected chi connectivity index (χ2v) is 19.3. The van der Waals surface area contributed by atoms with E-state index in [4.69, 9.17) is 4.98 Å². The van der Waals surface area contributed by atoms with Gasteiger partial charge in [0.15, 0.2) is 0 Å². The van der Waals surface area contributed by atoms with Gasteiger partial charge in [-0.3, -0.25) is 0 Å². The summed E-state index contributed by atoms with van der Waals surface area (Å²) < 4.78 is 1.34. The molecule has 2 heteroatoms. The van der Waals surface area contributed by atoms with Crippen molar-refractivity contribution in [2.45, 2.75) is 14.8 Å². The summed E-state index contributed by atoms with van der Waals surface area (Å²) in [5.41, 5.74) is 2.31. The van der Waals surface area contributed by atoms with Crippen molar-refractivity contribution in [3.05, 3.63) is 48.5 Å². The fraction of sp³-hybridized carbons (Fsp3) is 0.214. The van der Waals surface area contributed by atoms with E-state index in [1.807, 2.05) is 6.07 Å². The van der Waals surface area contributed by atoms with E-state index in [2.05, 4.69) is 57.3 Å². The van der Waals surface area contributed by atoms with Gasteiger partial charge in [-0.05, 0) is 0 Å². The summed E-state index contributed by atoms with van der Waals surface area (Å²) in [6.45, 7) is 0. The number of pyridine rings is 1. The van der Waals surface area contributed by atoms with E-state index >= 15 is 0 Å². The predicted molar refractivity (Wildman–Crippen MR) is 72.7 cm³/mol. The van der Waals surface area contributed by atoms with Crippen LogP contribution in [-0.2, 0) is 0 Å². The molecule has 0 bridgehead atoms. The molecule has 0 amide bonds. The predicted octanol–water partition coefficient (Wildman–Crippen LogP) is 3.29. The second kappa shape index (κ2) is 4.58. The van der Waals surface area contributed by atoms with Crippen LogP contribution in [0.1, 0.15) is 0 Å². The van der Waals surface area contributed by atoms with Gasteiger partial charge in [0, 0.05) is 0 Å². The number of hydrogen-bond acceptors (Lipinski definition) is 1. The van der Waals surface area contributed by atoms with Crippen molar-refractivity contribution in [1.29, 1.82) is 0 Å². The Bertz CT molecular complexity index is 472. The molecule has 1 aromatic carbocycles. The molecule has 0 fully saturated rings. The van der Waals surface area contributed by atoms with Crippen molar-refractivity contribution >= 4 is 22.1 Å². The van der Waals surface area contributed by atoms with Crippen LogP contribution in [0, 0.1) is 0 Å². The molecule has 1 heterocycles.